The molecule has 0 aromatic carbocycles. The van der Waals surface area contributed by atoms with Crippen LogP contribution in [0.3, 0.4) is 0 Å². The van der Waals surface area contributed by atoms with Crippen LogP contribution in [0.15, 0.2) is 0 Å². The number of rotatable bonds is 6. The highest BCUT2D eigenvalue weighted by Crippen LogP contribution is 2.20. The van der Waals surface area contributed by atoms with Crippen LogP contribution < -0.4 is 5.32 Å². The fourth-order valence-corrected chi connectivity index (χ4v) is 2.10. The lowest BCUT2D eigenvalue weighted by molar-refractivity contribution is -0.153. The molecule has 0 aliphatic carbocycles. The van der Waals surface area contributed by atoms with E-state index in [1.807, 2.05) is 13.8 Å². The van der Waals surface area contributed by atoms with Crippen molar-refractivity contribution >= 4 is 17.8 Å². The highest BCUT2D eigenvalue weighted by molar-refractivity contribution is 5.87. The molecule has 1 aliphatic heterocycles. The number of carboxylic acid groups (broad SMARTS) is 1. The van der Waals surface area contributed by atoms with Crippen molar-refractivity contribution in [1.82, 2.24) is 5.32 Å². The predicted octanol–water partition coefficient (Wildman–Crippen LogP) is 0.322. The zero-order chi connectivity index (χ0) is 15.3. The van der Waals surface area contributed by atoms with Crippen LogP contribution in [0.5, 0.6) is 0 Å². The van der Waals surface area contributed by atoms with Crippen molar-refractivity contribution in [3.63, 3.8) is 0 Å². The number of methoxy groups -OCH3 is 1. The van der Waals surface area contributed by atoms with Gasteiger partial charge in [-0.2, -0.15) is 0 Å². The van der Waals surface area contributed by atoms with Gasteiger partial charge in [0.25, 0.3) is 0 Å². The number of hydrogen-bond acceptors (Lipinski definition) is 5. The minimum atomic E-state index is -1.08. The van der Waals surface area contributed by atoms with Crippen LogP contribution in [0.4, 0.5) is 0 Å². The number of amides is 1. The van der Waals surface area contributed by atoms with Crippen LogP contribution in [-0.4, -0.2) is 48.3 Å². The van der Waals surface area contributed by atoms with Crippen molar-refractivity contribution in [2.24, 2.45) is 5.92 Å². The molecule has 1 saturated heterocycles. The molecule has 1 rings (SSSR count). The summed E-state index contributed by atoms with van der Waals surface area (Å²) in [4.78, 5) is 34.3. The van der Waals surface area contributed by atoms with Gasteiger partial charge in [-0.15, -0.1) is 0 Å². The molecule has 1 amide bonds. The molecule has 1 heterocycles. The van der Waals surface area contributed by atoms with Crippen LogP contribution in [-0.2, 0) is 23.9 Å². The molecule has 1 aliphatic rings. The van der Waals surface area contributed by atoms with Crippen molar-refractivity contribution in [3.05, 3.63) is 0 Å². The Morgan fingerprint density at radius 1 is 1.30 bits per heavy atom. The molecule has 0 bridgehead atoms. The third-order valence-electron chi connectivity index (χ3n) is 3.10. The van der Waals surface area contributed by atoms with Crippen molar-refractivity contribution in [3.8, 4) is 0 Å². The normalized spacial score (nSPS) is 23.4. The van der Waals surface area contributed by atoms with Gasteiger partial charge < -0.3 is 19.9 Å². The second kappa shape index (κ2) is 7.23. The lowest BCUT2D eigenvalue weighted by Crippen LogP contribution is -2.46. The first-order valence-electron chi connectivity index (χ1n) is 6.61. The summed E-state index contributed by atoms with van der Waals surface area (Å²) in [7, 11) is 1.26. The third-order valence-corrected chi connectivity index (χ3v) is 3.10. The molecule has 114 valence electrons. The van der Waals surface area contributed by atoms with E-state index < -0.39 is 36.1 Å². The van der Waals surface area contributed by atoms with Crippen LogP contribution in [0.25, 0.3) is 0 Å². The van der Waals surface area contributed by atoms with Crippen LogP contribution in [0.2, 0.25) is 0 Å². The van der Waals surface area contributed by atoms with Crippen molar-refractivity contribution in [2.75, 3.05) is 7.11 Å². The molecule has 0 spiro atoms. The quantitative estimate of drug-likeness (QED) is 0.682. The minimum Gasteiger partial charge on any atom is -0.479 e. The van der Waals surface area contributed by atoms with E-state index in [4.69, 9.17) is 9.84 Å². The second-order valence-corrected chi connectivity index (χ2v) is 5.24. The smallest absolute Gasteiger partial charge is 0.332 e. The fraction of sp³-hybridized carbons (Fsp3) is 0.769. The largest absolute Gasteiger partial charge is 0.479 e. The van der Waals surface area contributed by atoms with Crippen LogP contribution in [0, 0.1) is 5.92 Å². The van der Waals surface area contributed by atoms with Gasteiger partial charge >= 0.3 is 11.9 Å². The van der Waals surface area contributed by atoms with E-state index in [-0.39, 0.29) is 5.92 Å². The van der Waals surface area contributed by atoms with Gasteiger partial charge in [0.05, 0.1) is 7.11 Å². The van der Waals surface area contributed by atoms with Crippen molar-refractivity contribution < 1.29 is 29.0 Å². The molecule has 7 nitrogen and oxygen atoms in total. The van der Waals surface area contributed by atoms with E-state index in [0.29, 0.717) is 19.3 Å². The highest BCUT2D eigenvalue weighted by atomic mass is 16.5. The summed E-state index contributed by atoms with van der Waals surface area (Å²) in [6.45, 7) is 3.85. The van der Waals surface area contributed by atoms with E-state index >= 15 is 0 Å². The molecule has 3 atom stereocenters. The highest BCUT2D eigenvalue weighted by Gasteiger charge is 2.36. The first-order chi connectivity index (χ1) is 9.35. The Balaban J connectivity index is 2.58. The maximum absolute atomic E-state index is 12.0. The molecule has 7 heteroatoms. The zero-order valence-corrected chi connectivity index (χ0v) is 11.9. The first kappa shape index (κ1) is 16.4. The van der Waals surface area contributed by atoms with E-state index in [1.54, 1.807) is 0 Å². The Kier molecular flexibility index (Phi) is 5.94. The first-order valence-corrected chi connectivity index (χ1v) is 6.61. The molecule has 20 heavy (non-hydrogen) atoms. The van der Waals surface area contributed by atoms with Crippen LogP contribution >= 0.6 is 0 Å². The molecule has 3 unspecified atom stereocenters. The molecule has 0 aromatic heterocycles. The second-order valence-electron chi connectivity index (χ2n) is 5.24. The average molecular weight is 287 g/mol. The molecule has 2 N–H and O–H groups in total. The standard InChI is InChI=1S/C13H21NO6/c1-7(2)6-8(13(18)19-3)14-11(15)9-4-5-10(20-9)12(16)17/h7-10H,4-6H2,1-3H3,(H,14,15)(H,16,17). The Hall–Kier alpha value is -1.63. The van der Waals surface area contributed by atoms with Gasteiger partial charge in [-0.05, 0) is 25.2 Å². The van der Waals surface area contributed by atoms with Gasteiger partial charge in [0.1, 0.15) is 12.1 Å². The van der Waals surface area contributed by atoms with Gasteiger partial charge in [-0.25, -0.2) is 9.59 Å². The summed E-state index contributed by atoms with van der Waals surface area (Å²) in [6.07, 6.45) is -0.699. The number of carbonyl (C=O) groups excluding carboxylic acids is 2. The minimum absolute atomic E-state index is 0.204. The average Bonchev–Trinajstić information content (AvgIpc) is 2.86. The number of nitrogens with one attached hydrogen (secondary N) is 1. The summed E-state index contributed by atoms with van der Waals surface area (Å²) < 4.78 is 9.79. The van der Waals surface area contributed by atoms with E-state index in [0.717, 1.165) is 0 Å². The number of carboxylic acids is 1. The molecular weight excluding hydrogens is 266 g/mol. The summed E-state index contributed by atoms with van der Waals surface area (Å²) in [5.41, 5.74) is 0. The van der Waals surface area contributed by atoms with Gasteiger partial charge in [0.15, 0.2) is 6.10 Å². The van der Waals surface area contributed by atoms with Gasteiger partial charge in [0, 0.05) is 0 Å². The monoisotopic (exact) mass is 287 g/mol. The third kappa shape index (κ3) is 4.48. The van der Waals surface area contributed by atoms with Gasteiger partial charge in [0.2, 0.25) is 5.91 Å². The summed E-state index contributed by atoms with van der Waals surface area (Å²) >= 11 is 0. The molecular formula is C13H21NO6. The summed E-state index contributed by atoms with van der Waals surface area (Å²) in [5, 5.41) is 11.4. The number of carbonyl (C=O) groups is 3. The number of aliphatic carboxylic acids is 1. The lowest BCUT2D eigenvalue weighted by atomic mass is 10.0. The number of esters is 1. The van der Waals surface area contributed by atoms with Crippen LogP contribution in [0.1, 0.15) is 33.1 Å². The van der Waals surface area contributed by atoms with E-state index in [1.165, 1.54) is 7.11 Å². The Bertz CT molecular complexity index is 381. The molecule has 0 radical (unpaired) electrons. The number of ether oxygens (including phenoxy) is 2. The number of hydrogen-bond donors (Lipinski definition) is 2. The summed E-state index contributed by atoms with van der Waals surface area (Å²) in [5.74, 6) is -1.85. The molecule has 0 aromatic rings. The Morgan fingerprint density at radius 3 is 2.35 bits per heavy atom. The fourth-order valence-electron chi connectivity index (χ4n) is 2.10. The van der Waals surface area contributed by atoms with Gasteiger partial charge in [-0.1, -0.05) is 13.8 Å². The lowest BCUT2D eigenvalue weighted by Gasteiger charge is -2.20. The topological polar surface area (TPSA) is 102 Å². The van der Waals surface area contributed by atoms with Crippen molar-refractivity contribution in [2.45, 2.75) is 51.4 Å². The zero-order valence-electron chi connectivity index (χ0n) is 11.9. The maximum atomic E-state index is 12.0. The molecule has 0 saturated carbocycles. The Labute approximate surface area is 117 Å². The maximum Gasteiger partial charge on any atom is 0.332 e. The van der Waals surface area contributed by atoms with Crippen molar-refractivity contribution in [1.29, 1.82) is 0 Å². The van der Waals surface area contributed by atoms with Gasteiger partial charge in [-0.3, -0.25) is 4.79 Å². The van der Waals surface area contributed by atoms with E-state index in [9.17, 15) is 14.4 Å². The van der Waals surface area contributed by atoms with E-state index in [2.05, 4.69) is 10.1 Å². The Morgan fingerprint density at radius 2 is 1.90 bits per heavy atom. The molecule has 1 fully saturated rings. The predicted molar refractivity (Wildman–Crippen MR) is 68.9 cm³/mol. The summed E-state index contributed by atoms with van der Waals surface area (Å²) in [6, 6.07) is -0.736. The SMILES string of the molecule is COC(=O)C(CC(C)C)NC(=O)C1CCC(C(=O)O)O1.